The van der Waals surface area contributed by atoms with E-state index in [1.54, 1.807) is 12.1 Å². The third-order valence-corrected chi connectivity index (χ3v) is 10.3. The molecule has 3 aromatic rings. The highest BCUT2D eigenvalue weighted by atomic mass is 35.5. The molecule has 1 fully saturated rings. The molecule has 6 N–H and O–H groups in total. The lowest BCUT2D eigenvalue weighted by Gasteiger charge is -2.18. The maximum Gasteiger partial charge on any atom is 0.335 e. The standard InChI is InChI=1S/C20H25ClFN5O8P2/c1-10(11-2-4-12(22)5-3-11)24-17-14-18(26-20(21)25-17)27(8-23-14)19-16(29)15(28)13(35-19)6-7-36(30,31)9-37(32,33)34/h2-5,8,10,13,15-16,19,28-29H,6-7,9H2,1H3,(H,30,31)(H,24,25,26)(H2,32,33,34)/t10-,13+,15-,16?,19+/m0/s1. The first-order valence-corrected chi connectivity index (χ1v) is 15.2. The Bertz CT molecular complexity index is 1370. The van der Waals surface area contributed by atoms with Crippen LogP contribution in [0.5, 0.6) is 0 Å². The Morgan fingerprint density at radius 2 is 1.84 bits per heavy atom. The van der Waals surface area contributed by atoms with Gasteiger partial charge in [0.05, 0.1) is 18.5 Å². The smallest absolute Gasteiger partial charge is 0.335 e. The molecule has 1 aliphatic heterocycles. The minimum Gasteiger partial charge on any atom is -0.388 e. The molecule has 2 unspecified atom stereocenters. The normalized spacial score (nSPS) is 24.8. The fourth-order valence-electron chi connectivity index (χ4n) is 4.10. The van der Waals surface area contributed by atoms with Crippen LogP contribution in [0.25, 0.3) is 11.2 Å². The maximum absolute atomic E-state index is 13.3. The van der Waals surface area contributed by atoms with E-state index in [9.17, 15) is 28.6 Å². The number of benzene rings is 1. The number of aliphatic hydroxyl groups is 2. The molecule has 3 heterocycles. The zero-order valence-electron chi connectivity index (χ0n) is 19.3. The van der Waals surface area contributed by atoms with Crippen molar-refractivity contribution >= 4 is 43.5 Å². The van der Waals surface area contributed by atoms with E-state index in [-0.39, 0.29) is 40.5 Å². The lowest BCUT2D eigenvalue weighted by Crippen LogP contribution is -2.32. The Hall–Kier alpha value is -1.99. The first-order valence-electron chi connectivity index (χ1n) is 11.0. The number of halogens is 2. The highest BCUT2D eigenvalue weighted by Gasteiger charge is 2.45. The molecule has 0 amide bonds. The van der Waals surface area contributed by atoms with E-state index >= 15 is 0 Å². The summed E-state index contributed by atoms with van der Waals surface area (Å²) >= 11 is 6.13. The monoisotopic (exact) mass is 579 g/mol. The number of nitrogens with one attached hydrogen (secondary N) is 1. The average Bonchev–Trinajstić information content (AvgIpc) is 3.32. The molecule has 0 bridgehead atoms. The van der Waals surface area contributed by atoms with Crippen LogP contribution in [0.15, 0.2) is 30.6 Å². The molecular formula is C20H25ClFN5O8P2. The van der Waals surface area contributed by atoms with E-state index in [1.807, 2.05) is 6.92 Å². The van der Waals surface area contributed by atoms with E-state index < -0.39 is 51.6 Å². The maximum atomic E-state index is 13.3. The highest BCUT2D eigenvalue weighted by molar-refractivity contribution is 7.72. The lowest BCUT2D eigenvalue weighted by molar-refractivity contribution is -0.0354. The van der Waals surface area contributed by atoms with Gasteiger partial charge in [-0.05, 0) is 42.6 Å². The van der Waals surface area contributed by atoms with Gasteiger partial charge in [0, 0.05) is 6.16 Å². The molecule has 6 atom stereocenters. The first kappa shape index (κ1) is 28.0. The Morgan fingerprint density at radius 1 is 1.16 bits per heavy atom. The van der Waals surface area contributed by atoms with Crippen LogP contribution in [-0.4, -0.2) is 74.8 Å². The fraction of sp³-hybridized carbons (Fsp3) is 0.450. The summed E-state index contributed by atoms with van der Waals surface area (Å²) in [6, 6.07) is 5.56. The molecule has 0 aliphatic carbocycles. The number of imidazole rings is 1. The summed E-state index contributed by atoms with van der Waals surface area (Å²) in [7, 11) is -8.93. The molecule has 0 radical (unpaired) electrons. The van der Waals surface area contributed by atoms with Crippen molar-refractivity contribution in [3.8, 4) is 0 Å². The van der Waals surface area contributed by atoms with Gasteiger partial charge in [-0.15, -0.1) is 0 Å². The van der Waals surface area contributed by atoms with Gasteiger partial charge in [-0.3, -0.25) is 13.7 Å². The van der Waals surface area contributed by atoms with Crippen LogP contribution in [0.3, 0.4) is 0 Å². The van der Waals surface area contributed by atoms with Crippen molar-refractivity contribution in [1.29, 1.82) is 0 Å². The van der Waals surface area contributed by atoms with Crippen LogP contribution < -0.4 is 5.32 Å². The van der Waals surface area contributed by atoms with Crippen molar-refractivity contribution < 1.29 is 43.2 Å². The molecule has 17 heteroatoms. The van der Waals surface area contributed by atoms with Gasteiger partial charge in [0.1, 0.15) is 23.9 Å². The average molecular weight is 580 g/mol. The van der Waals surface area contributed by atoms with Gasteiger partial charge < -0.3 is 34.9 Å². The number of hydrogen-bond donors (Lipinski definition) is 6. The van der Waals surface area contributed by atoms with Gasteiger partial charge in [0.2, 0.25) is 12.7 Å². The van der Waals surface area contributed by atoms with E-state index in [0.29, 0.717) is 0 Å². The predicted octanol–water partition coefficient (Wildman–Crippen LogP) is 2.21. The Kier molecular flexibility index (Phi) is 8.06. The van der Waals surface area contributed by atoms with E-state index in [1.165, 1.54) is 23.0 Å². The molecule has 0 spiro atoms. The van der Waals surface area contributed by atoms with Crippen molar-refractivity contribution in [1.82, 2.24) is 19.5 Å². The molecule has 1 aliphatic rings. The SMILES string of the molecule is C[C@H](Nc1nc(Cl)nc2c1ncn2[C@@H]1O[C@H](CCP(=O)(O)CP(=O)(O)O)[C@H](O)C1O)c1ccc(F)cc1. The van der Waals surface area contributed by atoms with Crippen molar-refractivity contribution in [2.75, 3.05) is 17.4 Å². The quantitative estimate of drug-likeness (QED) is 0.160. The second-order valence-corrected chi connectivity index (χ2v) is 13.7. The van der Waals surface area contributed by atoms with Gasteiger partial charge in [0.25, 0.3) is 0 Å². The van der Waals surface area contributed by atoms with Crippen LogP contribution in [0.2, 0.25) is 5.28 Å². The second kappa shape index (κ2) is 10.6. The van der Waals surface area contributed by atoms with E-state index in [4.69, 9.17) is 26.1 Å². The first-order chi connectivity index (χ1) is 17.2. The lowest BCUT2D eigenvalue weighted by atomic mass is 10.1. The fourth-order valence-corrected chi connectivity index (χ4v) is 7.79. The molecule has 202 valence electrons. The molecule has 4 rings (SSSR count). The van der Waals surface area contributed by atoms with Gasteiger partial charge in [0.15, 0.2) is 23.2 Å². The zero-order chi connectivity index (χ0) is 27.1. The van der Waals surface area contributed by atoms with Crippen molar-refractivity contribution in [3.63, 3.8) is 0 Å². The van der Waals surface area contributed by atoms with Crippen molar-refractivity contribution in [2.45, 2.75) is 43.9 Å². The molecule has 1 aromatic carbocycles. The third kappa shape index (κ3) is 6.54. The predicted molar refractivity (Wildman–Crippen MR) is 131 cm³/mol. The van der Waals surface area contributed by atoms with Gasteiger partial charge in [-0.25, -0.2) is 9.37 Å². The molecule has 1 saturated heterocycles. The van der Waals surface area contributed by atoms with Gasteiger partial charge in [-0.2, -0.15) is 9.97 Å². The summed E-state index contributed by atoms with van der Waals surface area (Å²) < 4.78 is 43.6. The number of nitrogens with zero attached hydrogens (tertiary/aromatic N) is 4. The largest absolute Gasteiger partial charge is 0.388 e. The number of aromatic nitrogens is 4. The van der Waals surface area contributed by atoms with Gasteiger partial charge in [-0.1, -0.05) is 12.1 Å². The van der Waals surface area contributed by atoms with E-state index in [2.05, 4.69) is 20.3 Å². The number of hydrogen-bond acceptors (Lipinski definition) is 9. The zero-order valence-corrected chi connectivity index (χ0v) is 21.8. The molecule has 13 nitrogen and oxygen atoms in total. The van der Waals surface area contributed by atoms with Crippen LogP contribution in [0, 0.1) is 5.82 Å². The summed E-state index contributed by atoms with van der Waals surface area (Å²) in [4.78, 5) is 40.5. The summed E-state index contributed by atoms with van der Waals surface area (Å²) in [6.07, 6.45) is -4.73. The Labute approximate surface area is 214 Å². The number of fused-ring (bicyclic) bond motifs is 1. The summed E-state index contributed by atoms with van der Waals surface area (Å²) in [6.45, 7) is 1.82. The van der Waals surface area contributed by atoms with Crippen molar-refractivity contribution in [2.24, 2.45) is 0 Å². The van der Waals surface area contributed by atoms with Crippen molar-refractivity contribution in [3.05, 3.63) is 47.3 Å². The minimum absolute atomic E-state index is 0.147. The summed E-state index contributed by atoms with van der Waals surface area (Å²) in [5, 5.41) is 24.1. The van der Waals surface area contributed by atoms with Crippen LogP contribution >= 0.6 is 26.6 Å². The number of rotatable bonds is 9. The molecule has 37 heavy (non-hydrogen) atoms. The minimum atomic E-state index is -4.72. The molecule has 0 saturated carbocycles. The van der Waals surface area contributed by atoms with E-state index in [0.717, 1.165) is 5.56 Å². The number of anilines is 1. The molecular weight excluding hydrogens is 555 g/mol. The third-order valence-electron chi connectivity index (χ3n) is 5.90. The number of ether oxygens (including phenoxy) is 1. The summed E-state index contributed by atoms with van der Waals surface area (Å²) in [5.74, 6) is -1.31. The van der Waals surface area contributed by atoms with Crippen LogP contribution in [0.1, 0.15) is 31.2 Å². The topological polar surface area (TPSA) is 200 Å². The highest BCUT2D eigenvalue weighted by Crippen LogP contribution is 2.55. The summed E-state index contributed by atoms with van der Waals surface area (Å²) in [5.41, 5.74) is 1.21. The Balaban J connectivity index is 1.55. The van der Waals surface area contributed by atoms with Gasteiger partial charge >= 0.3 is 7.60 Å². The van der Waals surface area contributed by atoms with Crippen LogP contribution in [0.4, 0.5) is 10.2 Å². The van der Waals surface area contributed by atoms with Crippen LogP contribution in [-0.2, 0) is 13.9 Å². The molecule has 2 aromatic heterocycles. The Morgan fingerprint density at radius 3 is 2.49 bits per heavy atom. The number of aliphatic hydroxyl groups excluding tert-OH is 2. The second-order valence-electron chi connectivity index (χ2n) is 8.79.